The van der Waals surface area contributed by atoms with Gasteiger partial charge in [-0.2, -0.15) is 9.50 Å². The molecular weight excluding hydrogens is 361 g/mol. The summed E-state index contributed by atoms with van der Waals surface area (Å²) < 4.78 is 20.6. The Hall–Kier alpha value is -2.74. The van der Waals surface area contributed by atoms with E-state index in [-0.39, 0.29) is 17.5 Å². The maximum Gasteiger partial charge on any atom is 0.297 e. The highest BCUT2D eigenvalue weighted by molar-refractivity contribution is 5.52. The van der Waals surface area contributed by atoms with Crippen LogP contribution in [0.5, 0.6) is 0 Å². The van der Waals surface area contributed by atoms with Crippen molar-refractivity contribution in [2.24, 2.45) is 0 Å². The van der Waals surface area contributed by atoms with Gasteiger partial charge in [0, 0.05) is 13.1 Å². The van der Waals surface area contributed by atoms with E-state index in [1.54, 1.807) is 19.1 Å². The van der Waals surface area contributed by atoms with Gasteiger partial charge in [-0.15, -0.1) is 0 Å². The molecule has 0 bridgehead atoms. The fraction of sp³-hybridized carbons (Fsp3) is 0.450. The number of halogens is 1. The molecule has 0 saturated carbocycles. The molecule has 1 aliphatic heterocycles. The molecule has 0 spiro atoms. The van der Waals surface area contributed by atoms with Gasteiger partial charge in [0.15, 0.2) is 0 Å². The van der Waals surface area contributed by atoms with Crippen LogP contribution in [0.2, 0.25) is 0 Å². The Morgan fingerprint density at radius 1 is 1.25 bits per heavy atom. The SMILES string of the molecule is Cc1nc2nc(C)c(N3CCC(OCCc4cccc(F)c4)CC3)c(=O)n2[nH]1. The minimum atomic E-state index is -0.217. The second kappa shape index (κ2) is 7.71. The lowest BCUT2D eigenvalue weighted by Gasteiger charge is -2.33. The smallest absolute Gasteiger partial charge is 0.297 e. The first kappa shape index (κ1) is 18.6. The monoisotopic (exact) mass is 385 g/mol. The van der Waals surface area contributed by atoms with Crippen molar-refractivity contribution in [2.75, 3.05) is 24.6 Å². The van der Waals surface area contributed by atoms with Crippen molar-refractivity contribution in [2.45, 2.75) is 39.2 Å². The molecule has 8 heteroatoms. The summed E-state index contributed by atoms with van der Waals surface area (Å²) in [5.41, 5.74) is 2.14. The Balaban J connectivity index is 1.36. The van der Waals surface area contributed by atoms with Crippen molar-refractivity contribution in [1.29, 1.82) is 0 Å². The van der Waals surface area contributed by atoms with E-state index in [0.717, 1.165) is 31.5 Å². The summed E-state index contributed by atoms with van der Waals surface area (Å²) in [5, 5.41) is 2.94. The molecule has 0 radical (unpaired) electrons. The second-order valence-electron chi connectivity index (χ2n) is 7.23. The predicted molar refractivity (Wildman–Crippen MR) is 104 cm³/mol. The number of anilines is 1. The summed E-state index contributed by atoms with van der Waals surface area (Å²) in [6.07, 6.45) is 2.52. The van der Waals surface area contributed by atoms with Crippen LogP contribution in [0.1, 0.15) is 29.9 Å². The minimum Gasteiger partial charge on any atom is -0.378 e. The van der Waals surface area contributed by atoms with Crippen molar-refractivity contribution < 1.29 is 9.13 Å². The molecular formula is C20H24FN5O2. The van der Waals surface area contributed by atoms with Crippen LogP contribution in [0.3, 0.4) is 0 Å². The van der Waals surface area contributed by atoms with E-state index in [0.29, 0.717) is 36.0 Å². The number of aromatic nitrogens is 4. The first-order valence-corrected chi connectivity index (χ1v) is 9.58. The van der Waals surface area contributed by atoms with E-state index in [1.807, 2.05) is 13.0 Å². The van der Waals surface area contributed by atoms with Crippen LogP contribution in [-0.2, 0) is 11.2 Å². The zero-order valence-electron chi connectivity index (χ0n) is 16.1. The zero-order valence-corrected chi connectivity index (χ0v) is 16.1. The molecule has 0 aliphatic carbocycles. The maximum absolute atomic E-state index is 13.2. The highest BCUT2D eigenvalue weighted by atomic mass is 19.1. The van der Waals surface area contributed by atoms with Crippen LogP contribution in [0.15, 0.2) is 29.1 Å². The number of nitrogens with zero attached hydrogens (tertiary/aromatic N) is 4. The van der Waals surface area contributed by atoms with Gasteiger partial charge in [0.2, 0.25) is 0 Å². The van der Waals surface area contributed by atoms with E-state index < -0.39 is 0 Å². The molecule has 28 heavy (non-hydrogen) atoms. The van der Waals surface area contributed by atoms with Gasteiger partial charge in [-0.1, -0.05) is 12.1 Å². The lowest BCUT2D eigenvalue weighted by molar-refractivity contribution is 0.0390. The largest absolute Gasteiger partial charge is 0.378 e. The molecule has 0 atom stereocenters. The van der Waals surface area contributed by atoms with Crippen LogP contribution in [0.4, 0.5) is 10.1 Å². The molecule has 148 valence electrons. The second-order valence-corrected chi connectivity index (χ2v) is 7.23. The number of hydrogen-bond donors (Lipinski definition) is 1. The number of H-pyrrole nitrogens is 1. The molecule has 1 fully saturated rings. The summed E-state index contributed by atoms with van der Waals surface area (Å²) in [6.45, 7) is 5.69. The average molecular weight is 385 g/mol. The molecule has 1 N–H and O–H groups in total. The van der Waals surface area contributed by atoms with Gasteiger partial charge in [0.05, 0.1) is 18.4 Å². The van der Waals surface area contributed by atoms with Gasteiger partial charge in [0.1, 0.15) is 17.3 Å². The number of fused-ring (bicyclic) bond motifs is 1. The van der Waals surface area contributed by atoms with Gasteiger partial charge in [-0.25, -0.2) is 9.37 Å². The number of aryl methyl sites for hydroxylation is 2. The van der Waals surface area contributed by atoms with Crippen LogP contribution >= 0.6 is 0 Å². The number of rotatable bonds is 5. The summed E-state index contributed by atoms with van der Waals surface area (Å²) in [7, 11) is 0. The lowest BCUT2D eigenvalue weighted by Crippen LogP contribution is -2.41. The Bertz CT molecular complexity index is 1040. The third kappa shape index (κ3) is 3.77. The molecule has 2 aromatic heterocycles. The standard InChI is InChI=1S/C20H24FN5O2/c1-13-18(19(27)26-20(22-13)23-14(2)24-26)25-9-6-17(7-10-25)28-11-8-15-4-3-5-16(21)12-15/h3-5,12,17H,6-11H2,1-2H3,(H,22,23,24). The van der Waals surface area contributed by atoms with E-state index in [9.17, 15) is 9.18 Å². The first-order chi connectivity index (χ1) is 13.5. The third-order valence-corrected chi connectivity index (χ3v) is 5.15. The number of hydrogen-bond acceptors (Lipinski definition) is 5. The van der Waals surface area contributed by atoms with Gasteiger partial charge in [-0.05, 0) is 50.8 Å². The molecule has 0 unspecified atom stereocenters. The molecule has 1 aliphatic rings. The van der Waals surface area contributed by atoms with Crippen molar-refractivity contribution >= 4 is 11.5 Å². The van der Waals surface area contributed by atoms with E-state index in [2.05, 4.69) is 20.0 Å². The lowest BCUT2D eigenvalue weighted by atomic mass is 10.1. The number of aromatic amines is 1. The summed E-state index contributed by atoms with van der Waals surface area (Å²) >= 11 is 0. The van der Waals surface area contributed by atoms with Crippen LogP contribution in [-0.4, -0.2) is 45.4 Å². The fourth-order valence-electron chi connectivity index (χ4n) is 3.76. The van der Waals surface area contributed by atoms with Gasteiger partial charge in [0.25, 0.3) is 11.3 Å². The highest BCUT2D eigenvalue weighted by Crippen LogP contribution is 2.21. The molecule has 7 nitrogen and oxygen atoms in total. The van der Waals surface area contributed by atoms with Crippen molar-refractivity contribution in [3.05, 3.63) is 57.5 Å². The summed E-state index contributed by atoms with van der Waals surface area (Å²) in [5.74, 6) is 0.844. The molecule has 3 heterocycles. The normalized spacial score (nSPS) is 15.5. The number of ether oxygens (including phenoxy) is 1. The molecule has 0 amide bonds. The summed E-state index contributed by atoms with van der Waals surface area (Å²) in [4.78, 5) is 23.6. The number of nitrogens with one attached hydrogen (secondary N) is 1. The van der Waals surface area contributed by atoms with Gasteiger partial charge >= 0.3 is 0 Å². The Morgan fingerprint density at radius 3 is 2.79 bits per heavy atom. The fourth-order valence-corrected chi connectivity index (χ4v) is 3.76. The highest BCUT2D eigenvalue weighted by Gasteiger charge is 2.24. The third-order valence-electron chi connectivity index (χ3n) is 5.15. The average Bonchev–Trinajstić information content (AvgIpc) is 3.03. The van der Waals surface area contributed by atoms with Gasteiger partial charge in [-0.3, -0.25) is 9.89 Å². The van der Waals surface area contributed by atoms with Crippen molar-refractivity contribution in [3.63, 3.8) is 0 Å². The van der Waals surface area contributed by atoms with Crippen molar-refractivity contribution in [1.82, 2.24) is 19.6 Å². The Labute approximate surface area is 162 Å². The van der Waals surface area contributed by atoms with Crippen molar-refractivity contribution in [3.8, 4) is 0 Å². The number of benzene rings is 1. The van der Waals surface area contributed by atoms with Crippen LogP contribution in [0, 0.1) is 19.7 Å². The molecule has 4 rings (SSSR count). The van der Waals surface area contributed by atoms with E-state index in [4.69, 9.17) is 4.74 Å². The number of piperidine rings is 1. The first-order valence-electron chi connectivity index (χ1n) is 9.58. The molecule has 1 aromatic carbocycles. The van der Waals surface area contributed by atoms with E-state index in [1.165, 1.54) is 10.6 Å². The Morgan fingerprint density at radius 2 is 2.04 bits per heavy atom. The minimum absolute atomic E-state index is 0.117. The maximum atomic E-state index is 13.2. The summed E-state index contributed by atoms with van der Waals surface area (Å²) in [6, 6.07) is 6.62. The van der Waals surface area contributed by atoms with Crippen LogP contribution in [0.25, 0.3) is 5.78 Å². The molecule has 3 aromatic rings. The van der Waals surface area contributed by atoms with E-state index >= 15 is 0 Å². The predicted octanol–water partition coefficient (Wildman–Crippen LogP) is 2.40. The zero-order chi connectivity index (χ0) is 19.7. The van der Waals surface area contributed by atoms with Gasteiger partial charge < -0.3 is 9.64 Å². The van der Waals surface area contributed by atoms with Crippen LogP contribution < -0.4 is 10.5 Å². The molecule has 1 saturated heterocycles. The Kier molecular flexibility index (Phi) is 5.13. The quantitative estimate of drug-likeness (QED) is 0.730. The topological polar surface area (TPSA) is 75.5 Å².